The maximum atomic E-state index is 12.5. The minimum Gasteiger partial charge on any atom is -0.376 e. The molecule has 0 aliphatic carbocycles. The monoisotopic (exact) mass is 340 g/mol. The zero-order valence-electron chi connectivity index (χ0n) is 14.7. The van der Waals surface area contributed by atoms with Crippen LogP contribution < -0.4 is 11.1 Å². The molecule has 1 aliphatic rings. The minimum atomic E-state index is -0.413. The minimum absolute atomic E-state index is 0.0582. The molecule has 0 radical (unpaired) electrons. The smallest absolute Gasteiger partial charge is 0.267 e. The van der Waals surface area contributed by atoms with E-state index in [1.54, 1.807) is 6.20 Å². The first kappa shape index (κ1) is 18.5. The van der Waals surface area contributed by atoms with Gasteiger partial charge in [0.1, 0.15) is 11.6 Å². The lowest BCUT2D eigenvalue weighted by Gasteiger charge is -2.29. The SMILES string of the molecule is CCc1cccc(C)c1NC(=O)/C(C#N)=C\N1CCC(C(N)=O)CC1. The summed E-state index contributed by atoms with van der Waals surface area (Å²) in [6, 6.07) is 7.82. The fourth-order valence-corrected chi connectivity index (χ4v) is 3.02. The van der Waals surface area contributed by atoms with Crippen molar-refractivity contribution in [3.63, 3.8) is 0 Å². The van der Waals surface area contributed by atoms with Gasteiger partial charge in [-0.05, 0) is 37.3 Å². The lowest BCUT2D eigenvalue weighted by molar-refractivity contribution is -0.123. The molecule has 1 heterocycles. The van der Waals surface area contributed by atoms with E-state index in [4.69, 9.17) is 5.73 Å². The van der Waals surface area contributed by atoms with Crippen LogP contribution in [0.15, 0.2) is 30.0 Å². The molecule has 132 valence electrons. The number of nitrogens with one attached hydrogen (secondary N) is 1. The number of aryl methyl sites for hydroxylation is 2. The predicted molar refractivity (Wildman–Crippen MR) is 96.4 cm³/mol. The predicted octanol–water partition coefficient (Wildman–Crippen LogP) is 2.10. The van der Waals surface area contributed by atoms with Crippen LogP contribution in [0.4, 0.5) is 5.69 Å². The molecule has 25 heavy (non-hydrogen) atoms. The summed E-state index contributed by atoms with van der Waals surface area (Å²) in [4.78, 5) is 25.6. The lowest BCUT2D eigenvalue weighted by Crippen LogP contribution is -2.36. The van der Waals surface area contributed by atoms with Crippen molar-refractivity contribution in [1.82, 2.24) is 4.90 Å². The topological polar surface area (TPSA) is 99.2 Å². The molecule has 1 fully saturated rings. The highest BCUT2D eigenvalue weighted by Gasteiger charge is 2.23. The van der Waals surface area contributed by atoms with Crippen LogP contribution in [0.5, 0.6) is 0 Å². The fourth-order valence-electron chi connectivity index (χ4n) is 3.02. The molecule has 2 rings (SSSR count). The van der Waals surface area contributed by atoms with Crippen molar-refractivity contribution in [2.24, 2.45) is 11.7 Å². The van der Waals surface area contributed by atoms with E-state index in [9.17, 15) is 14.9 Å². The summed E-state index contributed by atoms with van der Waals surface area (Å²) < 4.78 is 0. The Labute approximate surface area is 148 Å². The Morgan fingerprint density at radius 2 is 2.08 bits per heavy atom. The van der Waals surface area contributed by atoms with Gasteiger partial charge in [-0.1, -0.05) is 25.1 Å². The largest absolute Gasteiger partial charge is 0.376 e. The van der Waals surface area contributed by atoms with Gasteiger partial charge < -0.3 is 16.0 Å². The number of primary amides is 1. The second kappa shape index (κ2) is 8.34. The van der Waals surface area contributed by atoms with Gasteiger partial charge in [0, 0.05) is 30.9 Å². The summed E-state index contributed by atoms with van der Waals surface area (Å²) >= 11 is 0. The number of likely N-dealkylation sites (tertiary alicyclic amines) is 1. The van der Waals surface area contributed by atoms with Crippen molar-refractivity contribution in [2.75, 3.05) is 18.4 Å². The average Bonchev–Trinajstić information content (AvgIpc) is 2.61. The van der Waals surface area contributed by atoms with Gasteiger partial charge >= 0.3 is 0 Å². The number of para-hydroxylation sites is 1. The normalized spacial score (nSPS) is 15.6. The molecular weight excluding hydrogens is 316 g/mol. The van der Waals surface area contributed by atoms with Crippen LogP contribution in [-0.4, -0.2) is 29.8 Å². The van der Waals surface area contributed by atoms with Crippen molar-refractivity contribution in [3.05, 3.63) is 41.1 Å². The number of nitriles is 1. The van der Waals surface area contributed by atoms with E-state index in [0.29, 0.717) is 25.9 Å². The van der Waals surface area contributed by atoms with Crippen LogP contribution in [0.1, 0.15) is 30.9 Å². The summed E-state index contributed by atoms with van der Waals surface area (Å²) in [6.07, 6.45) is 3.66. The molecule has 0 unspecified atom stereocenters. The third-order valence-corrected chi connectivity index (χ3v) is 4.59. The molecule has 6 heteroatoms. The molecule has 1 aromatic carbocycles. The van der Waals surface area contributed by atoms with Crippen LogP contribution in [0.25, 0.3) is 0 Å². The van der Waals surface area contributed by atoms with E-state index in [1.165, 1.54) is 0 Å². The summed E-state index contributed by atoms with van der Waals surface area (Å²) in [7, 11) is 0. The average molecular weight is 340 g/mol. The molecule has 0 bridgehead atoms. The Morgan fingerprint density at radius 3 is 2.64 bits per heavy atom. The Hall–Kier alpha value is -2.81. The van der Waals surface area contributed by atoms with E-state index >= 15 is 0 Å². The van der Waals surface area contributed by atoms with Gasteiger partial charge in [-0.3, -0.25) is 9.59 Å². The maximum Gasteiger partial charge on any atom is 0.267 e. The molecule has 0 spiro atoms. The zero-order chi connectivity index (χ0) is 18.4. The first-order chi connectivity index (χ1) is 12.0. The number of carbonyl (C=O) groups is 2. The molecule has 3 N–H and O–H groups in total. The van der Waals surface area contributed by atoms with Crippen LogP contribution in [-0.2, 0) is 16.0 Å². The number of rotatable bonds is 5. The molecular formula is C19H24N4O2. The quantitative estimate of drug-likeness (QED) is 0.633. The number of benzene rings is 1. The molecule has 0 atom stereocenters. The van der Waals surface area contributed by atoms with E-state index in [1.807, 2.05) is 43.0 Å². The second-order valence-electron chi connectivity index (χ2n) is 6.28. The Balaban J connectivity index is 2.10. The van der Waals surface area contributed by atoms with Crippen molar-refractivity contribution in [3.8, 4) is 6.07 Å². The third-order valence-electron chi connectivity index (χ3n) is 4.59. The molecule has 6 nitrogen and oxygen atoms in total. The first-order valence-corrected chi connectivity index (χ1v) is 8.51. The van der Waals surface area contributed by atoms with Crippen molar-refractivity contribution in [2.45, 2.75) is 33.1 Å². The highest BCUT2D eigenvalue weighted by molar-refractivity contribution is 6.07. The molecule has 1 aliphatic heterocycles. The van der Waals surface area contributed by atoms with Crippen LogP contribution in [0.3, 0.4) is 0 Å². The highest BCUT2D eigenvalue weighted by Crippen LogP contribution is 2.22. The lowest BCUT2D eigenvalue weighted by atomic mass is 9.96. The zero-order valence-corrected chi connectivity index (χ0v) is 14.7. The summed E-state index contributed by atoms with van der Waals surface area (Å²) in [5, 5.41) is 12.2. The summed E-state index contributed by atoms with van der Waals surface area (Å²) in [5.74, 6) is -0.819. The standard InChI is InChI=1S/C19H24N4O2/c1-3-14-6-4-5-13(2)17(14)22-19(25)16(11-20)12-23-9-7-15(8-10-23)18(21)24/h4-6,12,15H,3,7-10H2,1-2H3,(H2,21,24)(H,22,25)/b16-12-. The van der Waals surface area contributed by atoms with Crippen molar-refractivity contribution in [1.29, 1.82) is 5.26 Å². The van der Waals surface area contributed by atoms with Crippen molar-refractivity contribution >= 4 is 17.5 Å². The number of nitrogens with two attached hydrogens (primary N) is 1. The third kappa shape index (κ3) is 4.60. The summed E-state index contributed by atoms with van der Waals surface area (Å²) in [6.45, 7) is 5.17. The summed E-state index contributed by atoms with van der Waals surface area (Å²) in [5.41, 5.74) is 8.15. The van der Waals surface area contributed by atoms with Crippen LogP contribution in [0, 0.1) is 24.2 Å². The van der Waals surface area contributed by atoms with Gasteiger partial charge in [0.05, 0.1) is 0 Å². The van der Waals surface area contributed by atoms with Gasteiger partial charge in [-0.15, -0.1) is 0 Å². The number of anilines is 1. The second-order valence-corrected chi connectivity index (χ2v) is 6.28. The highest BCUT2D eigenvalue weighted by atomic mass is 16.2. The maximum absolute atomic E-state index is 12.5. The molecule has 2 amide bonds. The number of nitrogens with zero attached hydrogens (tertiary/aromatic N) is 2. The number of piperidine rings is 1. The van der Waals surface area contributed by atoms with E-state index in [-0.39, 0.29) is 17.4 Å². The Bertz CT molecular complexity index is 725. The fraction of sp³-hybridized carbons (Fsp3) is 0.421. The number of carbonyl (C=O) groups excluding carboxylic acids is 2. The molecule has 1 saturated heterocycles. The van der Waals surface area contributed by atoms with Crippen molar-refractivity contribution < 1.29 is 9.59 Å². The van der Waals surface area contributed by atoms with Gasteiger partial charge in [0.25, 0.3) is 5.91 Å². The van der Waals surface area contributed by atoms with Gasteiger partial charge in [-0.2, -0.15) is 5.26 Å². The van der Waals surface area contributed by atoms with Gasteiger partial charge in [-0.25, -0.2) is 0 Å². The Kier molecular flexibility index (Phi) is 6.18. The van der Waals surface area contributed by atoms with Gasteiger partial charge in [0.15, 0.2) is 0 Å². The van der Waals surface area contributed by atoms with E-state index in [2.05, 4.69) is 5.32 Å². The molecule has 0 saturated carbocycles. The van der Waals surface area contributed by atoms with Crippen LogP contribution >= 0.6 is 0 Å². The van der Waals surface area contributed by atoms with Crippen LogP contribution in [0.2, 0.25) is 0 Å². The van der Waals surface area contributed by atoms with E-state index in [0.717, 1.165) is 23.2 Å². The first-order valence-electron chi connectivity index (χ1n) is 8.51. The number of hydrogen-bond donors (Lipinski definition) is 2. The Morgan fingerprint density at radius 1 is 1.40 bits per heavy atom. The van der Waals surface area contributed by atoms with Gasteiger partial charge in [0.2, 0.25) is 5.91 Å². The van der Waals surface area contributed by atoms with E-state index < -0.39 is 5.91 Å². The molecule has 0 aromatic heterocycles. The molecule has 1 aromatic rings. The number of hydrogen-bond acceptors (Lipinski definition) is 4. The number of amides is 2.